The molecule has 0 spiro atoms. The molecule has 0 aromatic rings. The van der Waals surface area contributed by atoms with Gasteiger partial charge < -0.3 is 10.0 Å². The fraction of sp³-hybridized carbons (Fsp3) is 0.833. The molecule has 2 aliphatic carbocycles. The first-order chi connectivity index (χ1) is 7.59. The Kier molecular flexibility index (Phi) is 3.17. The van der Waals surface area contributed by atoms with Crippen LogP contribution in [0.3, 0.4) is 0 Å². The van der Waals surface area contributed by atoms with E-state index in [4.69, 9.17) is 5.11 Å². The maximum Gasteiger partial charge on any atom is 0.305 e. The van der Waals surface area contributed by atoms with E-state index in [0.29, 0.717) is 18.4 Å². The molecule has 16 heavy (non-hydrogen) atoms. The second kappa shape index (κ2) is 4.44. The Morgan fingerprint density at radius 1 is 1.25 bits per heavy atom. The van der Waals surface area contributed by atoms with Crippen molar-refractivity contribution in [1.82, 2.24) is 4.90 Å². The average molecular weight is 225 g/mol. The van der Waals surface area contributed by atoms with E-state index in [9.17, 15) is 9.59 Å². The first kappa shape index (κ1) is 11.4. The monoisotopic (exact) mass is 225 g/mol. The highest BCUT2D eigenvalue weighted by Crippen LogP contribution is 2.49. The van der Waals surface area contributed by atoms with Gasteiger partial charge in [-0.15, -0.1) is 0 Å². The molecule has 0 unspecified atom stereocenters. The van der Waals surface area contributed by atoms with Crippen molar-refractivity contribution in [3.05, 3.63) is 0 Å². The summed E-state index contributed by atoms with van der Waals surface area (Å²) in [6.45, 7) is 0.337. The van der Waals surface area contributed by atoms with Crippen LogP contribution in [0.25, 0.3) is 0 Å². The van der Waals surface area contributed by atoms with Crippen molar-refractivity contribution in [3.8, 4) is 0 Å². The normalized spacial score (nSPS) is 19.9. The number of carboxylic acid groups (broad SMARTS) is 1. The van der Waals surface area contributed by atoms with Crippen molar-refractivity contribution in [1.29, 1.82) is 0 Å². The Bertz CT molecular complexity index is 283. The van der Waals surface area contributed by atoms with Gasteiger partial charge in [0.1, 0.15) is 0 Å². The molecule has 0 aromatic heterocycles. The van der Waals surface area contributed by atoms with Gasteiger partial charge in [0.25, 0.3) is 0 Å². The predicted molar refractivity (Wildman–Crippen MR) is 58.8 cm³/mol. The fourth-order valence-corrected chi connectivity index (χ4v) is 2.33. The van der Waals surface area contributed by atoms with E-state index in [1.165, 1.54) is 25.7 Å². The number of carbonyl (C=O) groups excluding carboxylic acids is 1. The first-order valence-electron chi connectivity index (χ1n) is 6.06. The molecule has 0 aliphatic heterocycles. The summed E-state index contributed by atoms with van der Waals surface area (Å²) in [4.78, 5) is 24.2. The number of hydrogen-bond donors (Lipinski definition) is 1. The highest BCUT2D eigenvalue weighted by atomic mass is 16.4. The van der Waals surface area contributed by atoms with Crippen molar-refractivity contribution >= 4 is 11.9 Å². The molecule has 90 valence electrons. The summed E-state index contributed by atoms with van der Waals surface area (Å²) >= 11 is 0. The molecule has 4 heteroatoms. The zero-order chi connectivity index (χ0) is 11.7. The standard InChI is InChI=1S/C12H19NO3/c1-13(7-6-10(14)15)12(16)11(8-2-3-8)9-4-5-9/h8-9,11H,2-7H2,1H3,(H,14,15). The third-order valence-electron chi connectivity index (χ3n) is 3.58. The Labute approximate surface area is 95.6 Å². The number of aliphatic carboxylic acids is 1. The molecule has 0 aromatic carbocycles. The maximum absolute atomic E-state index is 12.2. The largest absolute Gasteiger partial charge is 0.481 e. The number of amides is 1. The molecule has 4 nitrogen and oxygen atoms in total. The number of carboxylic acids is 1. The van der Waals surface area contributed by atoms with Crippen molar-refractivity contribution in [3.63, 3.8) is 0 Å². The number of nitrogens with zero attached hydrogens (tertiary/aromatic N) is 1. The third kappa shape index (κ3) is 2.74. The zero-order valence-corrected chi connectivity index (χ0v) is 9.69. The zero-order valence-electron chi connectivity index (χ0n) is 9.69. The van der Waals surface area contributed by atoms with Crippen LogP contribution < -0.4 is 0 Å². The summed E-state index contributed by atoms with van der Waals surface area (Å²) in [5.41, 5.74) is 0. The van der Waals surface area contributed by atoms with Crippen LogP contribution in [0.15, 0.2) is 0 Å². The lowest BCUT2D eigenvalue weighted by atomic mass is 9.96. The van der Waals surface area contributed by atoms with E-state index >= 15 is 0 Å². The van der Waals surface area contributed by atoms with Crippen LogP contribution in [0.1, 0.15) is 32.1 Å². The molecule has 2 rings (SSSR count). The second-order valence-electron chi connectivity index (χ2n) is 5.10. The van der Waals surface area contributed by atoms with Gasteiger partial charge in [0.2, 0.25) is 5.91 Å². The highest BCUT2D eigenvalue weighted by Gasteiger charge is 2.46. The molecular weight excluding hydrogens is 206 g/mol. The van der Waals surface area contributed by atoms with Gasteiger partial charge in [0, 0.05) is 19.5 Å². The lowest BCUT2D eigenvalue weighted by Crippen LogP contribution is -2.36. The summed E-state index contributed by atoms with van der Waals surface area (Å²) in [6, 6.07) is 0. The summed E-state index contributed by atoms with van der Waals surface area (Å²) in [7, 11) is 1.73. The minimum absolute atomic E-state index is 0.0459. The van der Waals surface area contributed by atoms with Crippen LogP contribution in [0.4, 0.5) is 0 Å². The molecule has 2 aliphatic rings. The molecule has 0 bridgehead atoms. The second-order valence-corrected chi connectivity index (χ2v) is 5.10. The first-order valence-corrected chi connectivity index (χ1v) is 6.06. The average Bonchev–Trinajstić information content (AvgIpc) is 3.06. The molecule has 1 N–H and O–H groups in total. The summed E-state index contributed by atoms with van der Waals surface area (Å²) in [5.74, 6) is 0.707. The molecule has 0 heterocycles. The minimum atomic E-state index is -0.839. The number of rotatable bonds is 6. The molecule has 0 saturated heterocycles. The van der Waals surface area contributed by atoms with Crippen molar-refractivity contribution in [2.24, 2.45) is 17.8 Å². The van der Waals surface area contributed by atoms with E-state index in [2.05, 4.69) is 0 Å². The minimum Gasteiger partial charge on any atom is -0.481 e. The van der Waals surface area contributed by atoms with Crippen LogP contribution in [-0.2, 0) is 9.59 Å². The summed E-state index contributed by atoms with van der Waals surface area (Å²) in [6.07, 6.45) is 4.77. The maximum atomic E-state index is 12.2. The molecule has 2 fully saturated rings. The van der Waals surface area contributed by atoms with Crippen LogP contribution in [0.2, 0.25) is 0 Å². The molecular formula is C12H19NO3. The van der Waals surface area contributed by atoms with Gasteiger partial charge in [-0.1, -0.05) is 0 Å². The summed E-state index contributed by atoms with van der Waals surface area (Å²) < 4.78 is 0. The predicted octanol–water partition coefficient (Wildman–Crippen LogP) is 1.36. The molecule has 0 atom stereocenters. The van der Waals surface area contributed by atoms with Gasteiger partial charge >= 0.3 is 5.97 Å². The topological polar surface area (TPSA) is 57.6 Å². The van der Waals surface area contributed by atoms with E-state index in [-0.39, 0.29) is 18.2 Å². The highest BCUT2D eigenvalue weighted by molar-refractivity contribution is 5.80. The van der Waals surface area contributed by atoms with Crippen LogP contribution in [0.5, 0.6) is 0 Å². The molecule has 2 saturated carbocycles. The van der Waals surface area contributed by atoms with Gasteiger partial charge in [-0.05, 0) is 37.5 Å². The van der Waals surface area contributed by atoms with E-state index in [1.54, 1.807) is 11.9 Å². The summed E-state index contributed by atoms with van der Waals surface area (Å²) in [5, 5.41) is 8.59. The van der Waals surface area contributed by atoms with E-state index in [1.807, 2.05) is 0 Å². The van der Waals surface area contributed by atoms with Gasteiger partial charge in [-0.2, -0.15) is 0 Å². The van der Waals surface area contributed by atoms with Gasteiger partial charge in [-0.3, -0.25) is 9.59 Å². The third-order valence-corrected chi connectivity index (χ3v) is 3.58. The fourth-order valence-electron chi connectivity index (χ4n) is 2.33. The smallest absolute Gasteiger partial charge is 0.305 e. The lowest BCUT2D eigenvalue weighted by Gasteiger charge is -2.23. The Balaban J connectivity index is 1.86. The van der Waals surface area contributed by atoms with Crippen molar-refractivity contribution in [2.75, 3.05) is 13.6 Å². The van der Waals surface area contributed by atoms with Crippen LogP contribution >= 0.6 is 0 Å². The lowest BCUT2D eigenvalue weighted by molar-refractivity contribution is -0.139. The Morgan fingerprint density at radius 3 is 2.12 bits per heavy atom. The quantitative estimate of drug-likeness (QED) is 0.742. The van der Waals surface area contributed by atoms with Gasteiger partial charge in [0.05, 0.1) is 6.42 Å². The number of hydrogen-bond acceptors (Lipinski definition) is 2. The molecule has 0 radical (unpaired) electrons. The number of carbonyl (C=O) groups is 2. The Hall–Kier alpha value is -1.06. The SMILES string of the molecule is CN(CCC(=O)O)C(=O)C(C1CC1)C1CC1. The van der Waals surface area contributed by atoms with Crippen LogP contribution in [0, 0.1) is 17.8 Å². The van der Waals surface area contributed by atoms with Crippen molar-refractivity contribution in [2.45, 2.75) is 32.1 Å². The molecule has 1 amide bonds. The van der Waals surface area contributed by atoms with Crippen molar-refractivity contribution < 1.29 is 14.7 Å². The van der Waals surface area contributed by atoms with Crippen LogP contribution in [-0.4, -0.2) is 35.5 Å². The van der Waals surface area contributed by atoms with Gasteiger partial charge in [-0.25, -0.2) is 0 Å². The Morgan fingerprint density at radius 2 is 1.75 bits per heavy atom. The van der Waals surface area contributed by atoms with E-state index in [0.717, 1.165) is 0 Å². The van der Waals surface area contributed by atoms with E-state index < -0.39 is 5.97 Å². The van der Waals surface area contributed by atoms with Gasteiger partial charge in [0.15, 0.2) is 0 Å².